The molecule has 0 saturated heterocycles. The zero-order valence-electron chi connectivity index (χ0n) is 10.4. The molecule has 2 rings (SSSR count). The quantitative estimate of drug-likeness (QED) is 0.500. The number of carboxylic acid groups (broad SMARTS) is 1. The fraction of sp³-hybridized carbons (Fsp3) is 0. The summed E-state index contributed by atoms with van der Waals surface area (Å²) in [6.07, 6.45) is 1.47. The van der Waals surface area contributed by atoms with E-state index in [2.05, 4.69) is 0 Å². The lowest BCUT2D eigenvalue weighted by Gasteiger charge is -2.10. The van der Waals surface area contributed by atoms with Crippen LogP contribution in [0.4, 0.5) is 5.69 Å². The van der Waals surface area contributed by atoms with E-state index in [1.54, 1.807) is 42.5 Å². The zero-order chi connectivity index (χ0) is 14.5. The molecule has 20 heavy (non-hydrogen) atoms. The number of hydrogen-bond donors (Lipinski definition) is 2. The normalized spacial score (nSPS) is 11.2. The van der Waals surface area contributed by atoms with E-state index in [0.29, 0.717) is 11.1 Å². The molecule has 0 spiro atoms. The molecule has 0 radical (unpaired) electrons. The van der Waals surface area contributed by atoms with Gasteiger partial charge in [-0.05, 0) is 29.3 Å². The van der Waals surface area contributed by atoms with Gasteiger partial charge >= 0.3 is 0 Å². The number of anilines is 1. The number of carboxylic acids is 1. The van der Waals surface area contributed by atoms with Gasteiger partial charge in [-0.15, -0.1) is 5.23 Å². The third-order valence-corrected chi connectivity index (χ3v) is 2.74. The molecule has 0 aromatic heterocycles. The molecule has 0 bridgehead atoms. The van der Waals surface area contributed by atoms with Crippen LogP contribution in [0.15, 0.2) is 54.6 Å². The Balaban J connectivity index is 2.37. The minimum absolute atomic E-state index is 0.00957. The third kappa shape index (κ3) is 3.23. The standard InChI is InChI=1S/C15H13NO4/c17-15(18)14(12-4-2-1-3-5-12)10-11-6-8-13(9-7-11)16(19)20/h1-10,19-20H,(H,17,18)/p-1/b14-10+. The summed E-state index contributed by atoms with van der Waals surface area (Å²) in [5.74, 6) is -1.27. The van der Waals surface area contributed by atoms with Gasteiger partial charge in [0.1, 0.15) is 0 Å². The van der Waals surface area contributed by atoms with Crippen LogP contribution in [0.25, 0.3) is 11.6 Å². The van der Waals surface area contributed by atoms with Gasteiger partial charge in [0, 0.05) is 5.57 Å². The molecule has 0 aliphatic carbocycles. The molecule has 2 aromatic carbocycles. The second-order valence-corrected chi connectivity index (χ2v) is 4.09. The van der Waals surface area contributed by atoms with Crippen molar-refractivity contribution in [3.8, 4) is 0 Å². The van der Waals surface area contributed by atoms with Gasteiger partial charge in [-0.3, -0.25) is 10.4 Å². The Hall–Kier alpha value is -2.63. The molecule has 2 aromatic rings. The number of benzene rings is 2. The lowest BCUT2D eigenvalue weighted by Crippen LogP contribution is -2.23. The van der Waals surface area contributed by atoms with Gasteiger partial charge in [0.2, 0.25) is 0 Å². The van der Waals surface area contributed by atoms with Crippen LogP contribution in [0, 0.1) is 0 Å². The van der Waals surface area contributed by atoms with Crippen molar-refractivity contribution in [1.82, 2.24) is 0 Å². The highest BCUT2D eigenvalue weighted by atomic mass is 16.8. The molecule has 0 saturated carbocycles. The Labute approximate surface area is 115 Å². The van der Waals surface area contributed by atoms with Crippen LogP contribution >= 0.6 is 0 Å². The molecule has 0 aliphatic rings. The summed E-state index contributed by atoms with van der Waals surface area (Å²) in [6, 6.07) is 14.7. The number of hydrogen-bond acceptors (Lipinski definition) is 5. The van der Waals surface area contributed by atoms with E-state index in [4.69, 9.17) is 10.4 Å². The van der Waals surface area contributed by atoms with Crippen molar-refractivity contribution in [2.24, 2.45) is 0 Å². The molecule has 2 N–H and O–H groups in total. The minimum Gasteiger partial charge on any atom is -0.545 e. The van der Waals surface area contributed by atoms with E-state index >= 15 is 0 Å². The molecule has 5 nitrogen and oxygen atoms in total. The summed E-state index contributed by atoms with van der Waals surface area (Å²) in [6.45, 7) is 0. The van der Waals surface area contributed by atoms with Crippen molar-refractivity contribution >= 4 is 23.3 Å². The number of rotatable bonds is 4. The largest absolute Gasteiger partial charge is 0.545 e. The van der Waals surface area contributed by atoms with E-state index in [-0.39, 0.29) is 16.5 Å². The smallest absolute Gasteiger partial charge is 0.0943 e. The molecule has 102 valence electrons. The number of carbonyl (C=O) groups is 1. The highest BCUT2D eigenvalue weighted by molar-refractivity contribution is 6.19. The van der Waals surface area contributed by atoms with Crippen molar-refractivity contribution < 1.29 is 20.3 Å². The molecule has 0 amide bonds. The Morgan fingerprint density at radius 2 is 1.60 bits per heavy atom. The van der Waals surface area contributed by atoms with Crippen LogP contribution in [0.3, 0.4) is 0 Å². The molecule has 0 fully saturated rings. The second-order valence-electron chi connectivity index (χ2n) is 4.09. The topological polar surface area (TPSA) is 83.8 Å². The fourth-order valence-corrected chi connectivity index (χ4v) is 1.75. The van der Waals surface area contributed by atoms with Crippen LogP contribution in [0.5, 0.6) is 0 Å². The number of carbonyl (C=O) groups excluding carboxylic acids is 1. The van der Waals surface area contributed by atoms with Crippen molar-refractivity contribution in [2.75, 3.05) is 5.23 Å². The third-order valence-electron chi connectivity index (χ3n) is 2.74. The predicted molar refractivity (Wildman–Crippen MR) is 71.8 cm³/mol. The van der Waals surface area contributed by atoms with E-state index in [1.165, 1.54) is 18.2 Å². The highest BCUT2D eigenvalue weighted by Gasteiger charge is 2.03. The second kappa shape index (κ2) is 6.01. The number of nitrogens with zero attached hydrogens (tertiary/aromatic N) is 1. The SMILES string of the molecule is O=C([O-])/C(=C/c1ccc(N(O)O)cc1)c1ccccc1. The van der Waals surface area contributed by atoms with E-state index in [0.717, 1.165) is 0 Å². The van der Waals surface area contributed by atoms with Gasteiger partial charge in [-0.1, -0.05) is 42.5 Å². The first-order valence-corrected chi connectivity index (χ1v) is 5.84. The summed E-state index contributed by atoms with van der Waals surface area (Å²) in [7, 11) is 0. The van der Waals surface area contributed by atoms with E-state index < -0.39 is 5.97 Å². The van der Waals surface area contributed by atoms with Crippen molar-refractivity contribution in [3.05, 3.63) is 65.7 Å². The predicted octanol–water partition coefficient (Wildman–Crippen LogP) is 1.56. The van der Waals surface area contributed by atoms with Crippen LogP contribution in [-0.2, 0) is 4.79 Å². The Morgan fingerprint density at radius 1 is 1.00 bits per heavy atom. The fourth-order valence-electron chi connectivity index (χ4n) is 1.75. The van der Waals surface area contributed by atoms with Crippen LogP contribution < -0.4 is 10.3 Å². The zero-order valence-corrected chi connectivity index (χ0v) is 10.4. The van der Waals surface area contributed by atoms with Crippen LogP contribution in [0.2, 0.25) is 0 Å². The van der Waals surface area contributed by atoms with Gasteiger partial charge in [-0.25, -0.2) is 0 Å². The summed E-state index contributed by atoms with van der Waals surface area (Å²) >= 11 is 0. The number of aliphatic carboxylic acids is 1. The summed E-state index contributed by atoms with van der Waals surface area (Å²) in [5.41, 5.74) is 1.39. The Morgan fingerprint density at radius 3 is 2.10 bits per heavy atom. The lowest BCUT2D eigenvalue weighted by atomic mass is 10.0. The maximum atomic E-state index is 11.2. The summed E-state index contributed by atoms with van der Waals surface area (Å²) < 4.78 is 0. The first-order valence-electron chi connectivity index (χ1n) is 5.84. The maximum Gasteiger partial charge on any atom is 0.0943 e. The van der Waals surface area contributed by atoms with Crippen molar-refractivity contribution in [3.63, 3.8) is 0 Å². The lowest BCUT2D eigenvalue weighted by molar-refractivity contribution is -0.295. The Kier molecular flexibility index (Phi) is 4.14. The first-order chi connectivity index (χ1) is 9.58. The molecule has 5 heteroatoms. The molecular weight excluding hydrogens is 258 g/mol. The molecule has 0 unspecified atom stereocenters. The van der Waals surface area contributed by atoms with Gasteiger partial charge in [0.05, 0.1) is 11.7 Å². The van der Waals surface area contributed by atoms with Crippen LogP contribution in [-0.4, -0.2) is 16.4 Å². The Bertz CT molecular complexity index is 618. The summed E-state index contributed by atoms with van der Waals surface area (Å²) in [4.78, 5) is 11.2. The van der Waals surface area contributed by atoms with Crippen LogP contribution in [0.1, 0.15) is 11.1 Å². The van der Waals surface area contributed by atoms with Gasteiger partial charge in [0.25, 0.3) is 0 Å². The van der Waals surface area contributed by atoms with E-state index in [1.807, 2.05) is 0 Å². The first kappa shape index (κ1) is 13.8. The molecule has 0 aliphatic heterocycles. The van der Waals surface area contributed by atoms with Gasteiger partial charge in [-0.2, -0.15) is 0 Å². The molecule has 0 heterocycles. The maximum absolute atomic E-state index is 11.2. The van der Waals surface area contributed by atoms with Crippen molar-refractivity contribution in [1.29, 1.82) is 0 Å². The molecule has 0 atom stereocenters. The summed E-state index contributed by atoms with van der Waals surface area (Å²) in [5, 5.41) is 28.9. The monoisotopic (exact) mass is 270 g/mol. The van der Waals surface area contributed by atoms with Gasteiger partial charge < -0.3 is 9.90 Å². The highest BCUT2D eigenvalue weighted by Crippen LogP contribution is 2.19. The van der Waals surface area contributed by atoms with Gasteiger partial charge in [0.15, 0.2) is 0 Å². The average molecular weight is 270 g/mol. The minimum atomic E-state index is -1.27. The average Bonchev–Trinajstić information content (AvgIpc) is 2.46. The van der Waals surface area contributed by atoms with E-state index in [9.17, 15) is 9.90 Å². The molecular formula is C15H12NO4-. The van der Waals surface area contributed by atoms with Crippen molar-refractivity contribution in [2.45, 2.75) is 0 Å².